The van der Waals surface area contributed by atoms with E-state index in [9.17, 15) is 0 Å². The molecule has 0 amide bonds. The van der Waals surface area contributed by atoms with E-state index in [0.29, 0.717) is 12.6 Å². The van der Waals surface area contributed by atoms with Gasteiger partial charge in [-0.15, -0.1) is 0 Å². The van der Waals surface area contributed by atoms with Crippen molar-refractivity contribution < 1.29 is 9.47 Å². The lowest BCUT2D eigenvalue weighted by atomic mass is 10.0. The maximum atomic E-state index is 5.67. The summed E-state index contributed by atoms with van der Waals surface area (Å²) in [4.78, 5) is 2.27. The Morgan fingerprint density at radius 1 is 1.20 bits per heavy atom. The molecule has 1 N–H and O–H groups in total. The Labute approximate surface area is 154 Å². The molecule has 0 unspecified atom stereocenters. The molecule has 1 saturated heterocycles. The van der Waals surface area contributed by atoms with Gasteiger partial charge in [-0.05, 0) is 61.8 Å². The van der Waals surface area contributed by atoms with E-state index in [2.05, 4.69) is 22.3 Å². The van der Waals surface area contributed by atoms with Crippen LogP contribution < -0.4 is 14.8 Å². The standard InChI is InChI=1S/C20H24N2O2S/c1-3-24-17-11-9-15(10-12-17)19-8-5-13-22(19)20(25)21-16-6-4-7-18(14-16)23-2/h4,6-7,9-12,14,19H,3,5,8,13H2,1-2H3,(H,21,25)/t19-/m1/s1. The summed E-state index contributed by atoms with van der Waals surface area (Å²) in [5.41, 5.74) is 2.22. The minimum absolute atomic E-state index is 0.307. The quantitative estimate of drug-likeness (QED) is 0.790. The largest absolute Gasteiger partial charge is 0.497 e. The number of methoxy groups -OCH3 is 1. The molecular weight excluding hydrogens is 332 g/mol. The van der Waals surface area contributed by atoms with Crippen molar-refractivity contribution in [3.8, 4) is 11.5 Å². The van der Waals surface area contributed by atoms with E-state index in [1.54, 1.807) is 7.11 Å². The summed E-state index contributed by atoms with van der Waals surface area (Å²) in [6, 6.07) is 16.5. The van der Waals surface area contributed by atoms with Crippen molar-refractivity contribution in [2.75, 3.05) is 25.6 Å². The number of hydrogen-bond donors (Lipinski definition) is 1. The molecule has 1 aliphatic heterocycles. The molecule has 0 radical (unpaired) electrons. The van der Waals surface area contributed by atoms with E-state index in [1.807, 2.05) is 43.3 Å². The first-order valence-corrected chi connectivity index (χ1v) is 9.06. The predicted octanol–water partition coefficient (Wildman–Crippen LogP) is 4.63. The van der Waals surface area contributed by atoms with Gasteiger partial charge in [0, 0.05) is 18.3 Å². The Balaban J connectivity index is 1.70. The molecule has 2 aromatic carbocycles. The molecule has 4 nitrogen and oxygen atoms in total. The van der Waals surface area contributed by atoms with Gasteiger partial charge >= 0.3 is 0 Å². The zero-order chi connectivity index (χ0) is 17.6. The van der Waals surface area contributed by atoms with Crippen LogP contribution in [-0.4, -0.2) is 30.3 Å². The highest BCUT2D eigenvalue weighted by Gasteiger charge is 2.28. The zero-order valence-electron chi connectivity index (χ0n) is 14.7. The molecule has 3 rings (SSSR count). The highest BCUT2D eigenvalue weighted by Crippen LogP contribution is 2.33. The van der Waals surface area contributed by atoms with Gasteiger partial charge in [0.1, 0.15) is 11.5 Å². The van der Waals surface area contributed by atoms with Crippen LogP contribution >= 0.6 is 12.2 Å². The van der Waals surface area contributed by atoms with E-state index in [0.717, 1.165) is 41.7 Å². The summed E-state index contributed by atoms with van der Waals surface area (Å²) >= 11 is 5.67. The summed E-state index contributed by atoms with van der Waals surface area (Å²) in [6.07, 6.45) is 2.24. The summed E-state index contributed by atoms with van der Waals surface area (Å²) in [5, 5.41) is 4.10. The van der Waals surface area contributed by atoms with Gasteiger partial charge in [0.15, 0.2) is 5.11 Å². The second-order valence-electron chi connectivity index (χ2n) is 6.02. The van der Waals surface area contributed by atoms with Crippen LogP contribution in [0.4, 0.5) is 5.69 Å². The summed E-state index contributed by atoms with van der Waals surface area (Å²) in [5.74, 6) is 1.73. The third kappa shape index (κ3) is 4.23. The van der Waals surface area contributed by atoms with Gasteiger partial charge in [-0.25, -0.2) is 0 Å². The normalized spacial score (nSPS) is 16.6. The molecule has 132 valence electrons. The average Bonchev–Trinajstić information content (AvgIpc) is 3.13. The highest BCUT2D eigenvalue weighted by atomic mass is 32.1. The lowest BCUT2D eigenvalue weighted by Gasteiger charge is -2.28. The zero-order valence-corrected chi connectivity index (χ0v) is 15.5. The molecular formula is C20H24N2O2S. The molecule has 0 aromatic heterocycles. The summed E-state index contributed by atoms with van der Waals surface area (Å²) < 4.78 is 10.8. The topological polar surface area (TPSA) is 33.7 Å². The number of nitrogens with zero attached hydrogens (tertiary/aromatic N) is 1. The Kier molecular flexibility index (Phi) is 5.76. The highest BCUT2D eigenvalue weighted by molar-refractivity contribution is 7.80. The van der Waals surface area contributed by atoms with E-state index in [4.69, 9.17) is 21.7 Å². The molecule has 1 fully saturated rings. The smallest absolute Gasteiger partial charge is 0.173 e. The number of hydrogen-bond acceptors (Lipinski definition) is 3. The van der Waals surface area contributed by atoms with Crippen molar-refractivity contribution in [2.24, 2.45) is 0 Å². The molecule has 0 bridgehead atoms. The molecule has 0 saturated carbocycles. The third-order valence-electron chi connectivity index (χ3n) is 4.41. The summed E-state index contributed by atoms with van der Waals surface area (Å²) in [7, 11) is 1.67. The maximum Gasteiger partial charge on any atom is 0.173 e. The van der Waals surface area contributed by atoms with Crippen molar-refractivity contribution in [1.29, 1.82) is 0 Å². The van der Waals surface area contributed by atoms with Crippen LogP contribution in [0.25, 0.3) is 0 Å². The van der Waals surface area contributed by atoms with Gasteiger partial charge in [-0.1, -0.05) is 18.2 Å². The van der Waals surface area contributed by atoms with Crippen molar-refractivity contribution in [1.82, 2.24) is 4.90 Å². The van der Waals surface area contributed by atoms with E-state index in [1.165, 1.54) is 5.56 Å². The Bertz CT molecular complexity index is 718. The number of ether oxygens (including phenoxy) is 2. The van der Waals surface area contributed by atoms with Gasteiger partial charge in [0.05, 0.1) is 19.8 Å². The molecule has 0 aliphatic carbocycles. The van der Waals surface area contributed by atoms with Crippen LogP contribution in [0, 0.1) is 0 Å². The molecule has 0 spiro atoms. The Hall–Kier alpha value is -2.27. The first-order chi connectivity index (χ1) is 12.2. The van der Waals surface area contributed by atoms with Gasteiger partial charge in [-0.3, -0.25) is 0 Å². The number of benzene rings is 2. The van der Waals surface area contributed by atoms with Gasteiger partial charge in [-0.2, -0.15) is 0 Å². The second kappa shape index (κ2) is 8.21. The van der Waals surface area contributed by atoms with Crippen LogP contribution in [0.5, 0.6) is 11.5 Å². The summed E-state index contributed by atoms with van der Waals surface area (Å²) in [6.45, 7) is 3.65. The predicted molar refractivity (Wildman–Crippen MR) is 106 cm³/mol. The molecule has 1 heterocycles. The Morgan fingerprint density at radius 3 is 2.72 bits per heavy atom. The monoisotopic (exact) mass is 356 g/mol. The SMILES string of the molecule is CCOc1ccc([C@H]2CCCN2C(=S)Nc2cccc(OC)c2)cc1. The molecule has 2 aromatic rings. The van der Waals surface area contributed by atoms with Crippen LogP contribution in [-0.2, 0) is 0 Å². The Morgan fingerprint density at radius 2 is 2.00 bits per heavy atom. The molecule has 5 heteroatoms. The number of likely N-dealkylation sites (tertiary alicyclic amines) is 1. The van der Waals surface area contributed by atoms with E-state index in [-0.39, 0.29) is 0 Å². The van der Waals surface area contributed by atoms with Gasteiger partial charge < -0.3 is 19.7 Å². The lowest BCUT2D eigenvalue weighted by molar-refractivity contribution is 0.339. The minimum atomic E-state index is 0.307. The molecule has 1 aliphatic rings. The van der Waals surface area contributed by atoms with Crippen LogP contribution in [0.3, 0.4) is 0 Å². The average molecular weight is 356 g/mol. The molecule has 1 atom stereocenters. The lowest BCUT2D eigenvalue weighted by Crippen LogP contribution is -2.34. The number of thiocarbonyl (C=S) groups is 1. The first-order valence-electron chi connectivity index (χ1n) is 8.65. The first kappa shape index (κ1) is 17.5. The maximum absolute atomic E-state index is 5.67. The fourth-order valence-corrected chi connectivity index (χ4v) is 3.54. The third-order valence-corrected chi connectivity index (χ3v) is 4.75. The van der Waals surface area contributed by atoms with E-state index >= 15 is 0 Å². The molecule has 25 heavy (non-hydrogen) atoms. The fourth-order valence-electron chi connectivity index (χ4n) is 3.21. The van der Waals surface area contributed by atoms with Crippen molar-refractivity contribution in [2.45, 2.75) is 25.8 Å². The van der Waals surface area contributed by atoms with E-state index < -0.39 is 0 Å². The minimum Gasteiger partial charge on any atom is -0.497 e. The van der Waals surface area contributed by atoms with Crippen LogP contribution in [0.1, 0.15) is 31.4 Å². The van der Waals surface area contributed by atoms with Gasteiger partial charge in [0.25, 0.3) is 0 Å². The van der Waals surface area contributed by atoms with Crippen LogP contribution in [0.2, 0.25) is 0 Å². The number of nitrogens with one attached hydrogen (secondary N) is 1. The van der Waals surface area contributed by atoms with Crippen molar-refractivity contribution in [3.05, 3.63) is 54.1 Å². The number of rotatable bonds is 5. The fraction of sp³-hybridized carbons (Fsp3) is 0.350. The van der Waals surface area contributed by atoms with Crippen molar-refractivity contribution in [3.63, 3.8) is 0 Å². The van der Waals surface area contributed by atoms with Crippen LogP contribution in [0.15, 0.2) is 48.5 Å². The van der Waals surface area contributed by atoms with Gasteiger partial charge in [0.2, 0.25) is 0 Å². The van der Waals surface area contributed by atoms with Crippen molar-refractivity contribution >= 4 is 23.0 Å². The number of anilines is 1. The second-order valence-corrected chi connectivity index (χ2v) is 6.40.